The number of hydrogen-bond donors (Lipinski definition) is 1. The van der Waals surface area contributed by atoms with Crippen molar-refractivity contribution in [3.05, 3.63) is 29.3 Å². The molecule has 0 radical (unpaired) electrons. The number of halogens is 1. The van der Waals surface area contributed by atoms with Crippen LogP contribution >= 0.6 is 37.3 Å². The van der Waals surface area contributed by atoms with Crippen molar-refractivity contribution in [2.24, 2.45) is 0 Å². The summed E-state index contributed by atoms with van der Waals surface area (Å²) in [5.74, 6) is 3.01. The Morgan fingerprint density at radius 3 is 2.40 bits per heavy atom. The van der Waals surface area contributed by atoms with Crippen LogP contribution < -0.4 is 10.6 Å². The van der Waals surface area contributed by atoms with Crippen LogP contribution in [0.25, 0.3) is 0 Å². The van der Waals surface area contributed by atoms with Crippen molar-refractivity contribution in [2.45, 2.75) is 46.8 Å². The fourth-order valence-electron chi connectivity index (χ4n) is 1.80. The minimum atomic E-state index is -2.46. The minimum Gasteiger partial charge on any atom is -0.444 e. The Kier molecular flexibility index (Phi) is 10.9. The van der Waals surface area contributed by atoms with Gasteiger partial charge in [-0.2, -0.15) is 0 Å². The number of benzene rings is 1. The van der Waals surface area contributed by atoms with Crippen molar-refractivity contribution in [2.75, 3.05) is 13.3 Å². The molecule has 0 aliphatic carbocycles. The first-order chi connectivity index (χ1) is 11.5. The Hall–Kier alpha value is -0.640. The summed E-state index contributed by atoms with van der Waals surface area (Å²) in [7, 11) is -1.08. The molecular weight excluding hydrogens is 468 g/mol. The van der Waals surface area contributed by atoms with E-state index >= 15 is 0 Å². The lowest BCUT2D eigenvalue weighted by Crippen LogP contribution is -2.32. The molecule has 1 aromatic rings. The molecule has 0 aromatic heterocycles. The van der Waals surface area contributed by atoms with Crippen LogP contribution in [0.1, 0.15) is 45.7 Å². The first kappa shape index (κ1) is 24.4. The van der Waals surface area contributed by atoms with Gasteiger partial charge in [0.15, 0.2) is 0 Å². The summed E-state index contributed by atoms with van der Waals surface area (Å²) in [4.78, 5) is 11.7. The lowest BCUT2D eigenvalue weighted by Gasteiger charge is -2.20. The Balaban J connectivity index is 0.00000277. The second-order valence-corrected chi connectivity index (χ2v) is 11.2. The molecule has 0 aliphatic heterocycles. The van der Waals surface area contributed by atoms with E-state index in [1.54, 1.807) is 13.3 Å². The number of amides is 1. The van der Waals surface area contributed by atoms with Gasteiger partial charge < -0.3 is 14.6 Å². The highest BCUT2D eigenvalue weighted by atomic mass is 127. The molecule has 0 heterocycles. The van der Waals surface area contributed by atoms with Crippen molar-refractivity contribution < 1.29 is 14.1 Å². The zero-order valence-corrected chi connectivity index (χ0v) is 19.8. The van der Waals surface area contributed by atoms with E-state index < -0.39 is 18.8 Å². The van der Waals surface area contributed by atoms with Crippen molar-refractivity contribution >= 4 is 48.7 Å². The number of carbonyl (C=O) groups is 1. The highest BCUT2D eigenvalue weighted by molar-refractivity contribution is 14.2. The smallest absolute Gasteiger partial charge is 0.407 e. The van der Waals surface area contributed by atoms with Gasteiger partial charge in [-0.05, 0) is 66.0 Å². The van der Waals surface area contributed by atoms with Crippen molar-refractivity contribution in [1.82, 2.24) is 5.32 Å². The Morgan fingerprint density at radius 2 is 1.92 bits per heavy atom. The highest BCUT2D eigenvalue weighted by Gasteiger charge is 2.18. The Bertz CT molecular complexity index is 684. The average molecular weight is 495 g/mol. The van der Waals surface area contributed by atoms with Crippen molar-refractivity contribution in [3.8, 4) is 11.2 Å². The monoisotopic (exact) mass is 495 g/mol. The zero-order valence-electron chi connectivity index (χ0n) is 15.9. The Labute approximate surface area is 168 Å². The topological polar surface area (TPSA) is 55.4 Å². The molecule has 0 saturated carbocycles. The van der Waals surface area contributed by atoms with E-state index in [1.807, 2.05) is 52.8 Å². The fourth-order valence-corrected chi connectivity index (χ4v) is 3.47. The normalized spacial score (nSPS) is 10.7. The SMILES string of the molecule is CC.CC(C)(C)OC(=O)NCc1ccc(C#CSI)c(P(C)(C)=O)c1. The summed E-state index contributed by atoms with van der Waals surface area (Å²) in [6.07, 6.45) is -0.472. The molecule has 0 saturated heterocycles. The summed E-state index contributed by atoms with van der Waals surface area (Å²) in [6.45, 7) is 13.2. The summed E-state index contributed by atoms with van der Waals surface area (Å²) < 4.78 is 17.7. The Morgan fingerprint density at radius 1 is 1.32 bits per heavy atom. The molecular formula is C18H27INO3PS. The van der Waals surface area contributed by atoms with Crippen LogP contribution in [0, 0.1) is 11.2 Å². The number of carbonyl (C=O) groups excluding carboxylic acids is 1. The van der Waals surface area contributed by atoms with Crippen LogP contribution in [-0.2, 0) is 15.8 Å². The van der Waals surface area contributed by atoms with Gasteiger partial charge in [0.05, 0.1) is 0 Å². The van der Waals surface area contributed by atoms with Crippen LogP contribution in [0.15, 0.2) is 18.2 Å². The van der Waals surface area contributed by atoms with E-state index in [0.717, 1.165) is 16.4 Å². The molecule has 1 rings (SSSR count). The molecule has 4 nitrogen and oxygen atoms in total. The summed E-state index contributed by atoms with van der Waals surface area (Å²) >= 11 is 2.10. The summed E-state index contributed by atoms with van der Waals surface area (Å²) in [5, 5.41) is 6.35. The lowest BCUT2D eigenvalue weighted by molar-refractivity contribution is 0.0523. The van der Waals surface area contributed by atoms with Crippen LogP contribution in [0.2, 0.25) is 0 Å². The number of alkyl carbamates (subject to hydrolysis) is 1. The molecule has 0 aliphatic rings. The third-order valence-corrected chi connectivity index (χ3v) is 5.07. The zero-order chi connectivity index (χ0) is 19.7. The van der Waals surface area contributed by atoms with Crippen molar-refractivity contribution in [3.63, 3.8) is 0 Å². The van der Waals surface area contributed by atoms with Gasteiger partial charge in [0.1, 0.15) is 12.7 Å². The van der Waals surface area contributed by atoms with E-state index in [-0.39, 0.29) is 0 Å². The maximum absolute atomic E-state index is 12.5. The summed E-state index contributed by atoms with van der Waals surface area (Å²) in [6, 6.07) is 5.57. The minimum absolute atomic E-state index is 0.316. The van der Waals surface area contributed by atoms with Gasteiger partial charge in [0, 0.05) is 38.6 Å². The summed E-state index contributed by atoms with van der Waals surface area (Å²) in [5.41, 5.74) is 1.10. The molecule has 0 atom stereocenters. The fraction of sp³-hybridized carbons (Fsp3) is 0.500. The van der Waals surface area contributed by atoms with Gasteiger partial charge in [-0.1, -0.05) is 25.8 Å². The van der Waals surface area contributed by atoms with Crippen LogP contribution in [-0.4, -0.2) is 25.0 Å². The molecule has 1 aromatic carbocycles. The first-order valence-electron chi connectivity index (χ1n) is 7.97. The molecule has 140 valence electrons. The third-order valence-electron chi connectivity index (χ3n) is 2.70. The van der Waals surface area contributed by atoms with Gasteiger partial charge in [-0.25, -0.2) is 4.79 Å². The van der Waals surface area contributed by atoms with Crippen LogP contribution in [0.4, 0.5) is 4.79 Å². The largest absolute Gasteiger partial charge is 0.444 e. The van der Waals surface area contributed by atoms with Gasteiger partial charge in [-0.15, -0.1) is 0 Å². The maximum atomic E-state index is 12.5. The van der Waals surface area contributed by atoms with E-state index in [2.05, 4.69) is 37.7 Å². The predicted molar refractivity (Wildman–Crippen MR) is 118 cm³/mol. The molecule has 0 bridgehead atoms. The molecule has 0 spiro atoms. The van der Waals surface area contributed by atoms with Gasteiger partial charge in [-0.3, -0.25) is 0 Å². The standard InChI is InChI=1S/C16H21INO3PS.C2H6/c1-16(2,3)21-15(19)18-11-12-6-7-13(8-9-23-17)14(10-12)22(4,5)20;1-2/h6-7,10H,11H2,1-5H3,(H,18,19);1-2H3. The van der Waals surface area contributed by atoms with Crippen molar-refractivity contribution in [1.29, 1.82) is 0 Å². The number of hydrogen-bond acceptors (Lipinski definition) is 4. The third kappa shape index (κ3) is 10.2. The van der Waals surface area contributed by atoms with Crippen LogP contribution in [0.3, 0.4) is 0 Å². The van der Waals surface area contributed by atoms with Crippen LogP contribution in [0.5, 0.6) is 0 Å². The van der Waals surface area contributed by atoms with E-state index in [0.29, 0.717) is 6.54 Å². The van der Waals surface area contributed by atoms with E-state index in [9.17, 15) is 9.36 Å². The first-order valence-corrected chi connectivity index (χ1v) is 13.9. The molecule has 7 heteroatoms. The predicted octanol–water partition coefficient (Wildman–Crippen LogP) is 5.38. The number of ether oxygens (including phenoxy) is 1. The number of nitrogens with one attached hydrogen (secondary N) is 1. The van der Waals surface area contributed by atoms with Gasteiger partial charge >= 0.3 is 6.09 Å². The molecule has 1 amide bonds. The highest BCUT2D eigenvalue weighted by Crippen LogP contribution is 2.36. The van der Waals surface area contributed by atoms with E-state index in [1.165, 1.54) is 8.93 Å². The average Bonchev–Trinajstić information content (AvgIpc) is 2.50. The van der Waals surface area contributed by atoms with Gasteiger partial charge in [0.25, 0.3) is 0 Å². The molecule has 0 fully saturated rings. The maximum Gasteiger partial charge on any atom is 0.407 e. The second-order valence-electron chi connectivity index (χ2n) is 6.36. The molecule has 1 N–H and O–H groups in total. The second kappa shape index (κ2) is 11.2. The van der Waals surface area contributed by atoms with E-state index in [4.69, 9.17) is 4.74 Å². The molecule has 0 unspecified atom stereocenters. The quantitative estimate of drug-likeness (QED) is 0.348. The number of rotatable bonds is 3. The lowest BCUT2D eigenvalue weighted by atomic mass is 10.1. The molecule has 25 heavy (non-hydrogen) atoms. The van der Waals surface area contributed by atoms with Gasteiger partial charge in [0.2, 0.25) is 0 Å².